The molecule has 3 N–H and O–H groups in total. The highest BCUT2D eigenvalue weighted by Crippen LogP contribution is 2.44. The zero-order valence-corrected chi connectivity index (χ0v) is 20.8. The van der Waals surface area contributed by atoms with Gasteiger partial charge in [0.25, 0.3) is 0 Å². The number of nitrogens with one attached hydrogen (secondary N) is 2. The van der Waals surface area contributed by atoms with Crippen molar-refractivity contribution in [1.29, 1.82) is 0 Å². The smallest absolute Gasteiger partial charge is 0.407 e. The standard InChI is InChI=1S/C28H36N2O5/c1-4-9-19(16-26(31)32)29-27(33)25(15-14-18(2)3)30-28(34)35-17-24-22-12-7-5-10-20(22)21-11-6-8-13-23(21)24/h5-8,10-13,18-19,24-25H,4,9,14-17H2,1-3H3,(H,29,33)(H,30,34)(H,31,32)/t19-,25?/m0/s1. The van der Waals surface area contributed by atoms with Crippen LogP contribution in [-0.2, 0) is 14.3 Å². The SMILES string of the molecule is CCC[C@@H](CC(=O)O)NC(=O)C(CCC(C)C)NC(=O)OCC1c2ccccc2-c2ccccc21. The summed E-state index contributed by atoms with van der Waals surface area (Å²) in [6.07, 6.45) is 1.68. The lowest BCUT2D eigenvalue weighted by Gasteiger charge is -2.23. The number of hydrogen-bond acceptors (Lipinski definition) is 4. The molecule has 1 aliphatic carbocycles. The molecule has 2 amide bonds. The lowest BCUT2D eigenvalue weighted by atomic mass is 9.98. The summed E-state index contributed by atoms with van der Waals surface area (Å²) in [4.78, 5) is 36.9. The van der Waals surface area contributed by atoms with E-state index in [1.54, 1.807) is 0 Å². The minimum absolute atomic E-state index is 0.0689. The molecule has 0 fully saturated rings. The first kappa shape index (κ1) is 26.3. The molecule has 35 heavy (non-hydrogen) atoms. The zero-order valence-electron chi connectivity index (χ0n) is 20.8. The number of carboxylic acid groups (broad SMARTS) is 1. The lowest BCUT2D eigenvalue weighted by molar-refractivity contribution is -0.137. The fourth-order valence-electron chi connectivity index (χ4n) is 4.64. The van der Waals surface area contributed by atoms with Crippen molar-refractivity contribution in [2.45, 2.75) is 70.9 Å². The molecule has 0 radical (unpaired) electrons. The summed E-state index contributed by atoms with van der Waals surface area (Å²) >= 11 is 0. The van der Waals surface area contributed by atoms with Crippen molar-refractivity contribution in [3.8, 4) is 11.1 Å². The normalized spacial score (nSPS) is 14.1. The van der Waals surface area contributed by atoms with E-state index in [9.17, 15) is 14.4 Å². The van der Waals surface area contributed by atoms with Crippen molar-refractivity contribution in [3.05, 3.63) is 59.7 Å². The molecule has 2 aromatic rings. The predicted molar refractivity (Wildman–Crippen MR) is 135 cm³/mol. The van der Waals surface area contributed by atoms with E-state index in [0.29, 0.717) is 18.8 Å². The van der Waals surface area contributed by atoms with E-state index in [2.05, 4.69) is 34.9 Å². The Morgan fingerprint density at radius 3 is 2.06 bits per heavy atom. The van der Waals surface area contributed by atoms with E-state index in [4.69, 9.17) is 9.84 Å². The highest BCUT2D eigenvalue weighted by Gasteiger charge is 2.30. The third kappa shape index (κ3) is 7.07. The second kappa shape index (κ2) is 12.4. The van der Waals surface area contributed by atoms with E-state index in [1.807, 2.05) is 45.0 Å². The molecule has 2 aromatic carbocycles. The quantitative estimate of drug-likeness (QED) is 0.392. The second-order valence-electron chi connectivity index (χ2n) is 9.59. The van der Waals surface area contributed by atoms with Gasteiger partial charge in [0.1, 0.15) is 12.6 Å². The third-order valence-corrected chi connectivity index (χ3v) is 6.39. The van der Waals surface area contributed by atoms with Gasteiger partial charge in [0.05, 0.1) is 6.42 Å². The maximum atomic E-state index is 13.0. The topological polar surface area (TPSA) is 105 Å². The maximum Gasteiger partial charge on any atom is 0.407 e. The molecule has 188 valence electrons. The van der Waals surface area contributed by atoms with Crippen LogP contribution in [0.3, 0.4) is 0 Å². The Hall–Kier alpha value is -3.35. The molecule has 7 heteroatoms. The molecular weight excluding hydrogens is 444 g/mol. The number of fused-ring (bicyclic) bond motifs is 3. The van der Waals surface area contributed by atoms with Crippen LogP contribution in [0.4, 0.5) is 4.79 Å². The summed E-state index contributed by atoms with van der Waals surface area (Å²) < 4.78 is 5.62. The predicted octanol–water partition coefficient (Wildman–Crippen LogP) is 5.09. The van der Waals surface area contributed by atoms with Crippen molar-refractivity contribution in [3.63, 3.8) is 0 Å². The molecule has 0 aliphatic heterocycles. The second-order valence-corrected chi connectivity index (χ2v) is 9.59. The Morgan fingerprint density at radius 1 is 0.914 bits per heavy atom. The van der Waals surface area contributed by atoms with Crippen LogP contribution in [0.2, 0.25) is 0 Å². The van der Waals surface area contributed by atoms with Gasteiger partial charge in [-0.2, -0.15) is 0 Å². The van der Waals surface area contributed by atoms with Crippen LogP contribution < -0.4 is 10.6 Å². The van der Waals surface area contributed by atoms with Gasteiger partial charge in [-0.3, -0.25) is 9.59 Å². The Balaban J connectivity index is 1.65. The fraction of sp³-hybridized carbons (Fsp3) is 0.464. The van der Waals surface area contributed by atoms with Gasteiger partial charge in [0.15, 0.2) is 0 Å². The Labute approximate surface area is 207 Å². The Morgan fingerprint density at radius 2 is 1.51 bits per heavy atom. The van der Waals surface area contributed by atoms with Crippen LogP contribution in [0.5, 0.6) is 0 Å². The van der Waals surface area contributed by atoms with Crippen LogP contribution in [0.1, 0.15) is 69.9 Å². The first-order valence-electron chi connectivity index (χ1n) is 12.4. The molecule has 0 saturated carbocycles. The minimum atomic E-state index is -0.966. The monoisotopic (exact) mass is 480 g/mol. The molecule has 0 saturated heterocycles. The van der Waals surface area contributed by atoms with Crippen LogP contribution in [0.25, 0.3) is 11.1 Å². The van der Waals surface area contributed by atoms with Gasteiger partial charge in [-0.25, -0.2) is 4.79 Å². The van der Waals surface area contributed by atoms with Crippen LogP contribution in [0, 0.1) is 5.92 Å². The van der Waals surface area contributed by atoms with Gasteiger partial charge in [-0.15, -0.1) is 0 Å². The highest BCUT2D eigenvalue weighted by molar-refractivity contribution is 5.86. The molecule has 1 aliphatic rings. The fourth-order valence-corrected chi connectivity index (χ4v) is 4.64. The summed E-state index contributed by atoms with van der Waals surface area (Å²) in [5.74, 6) is -1.06. The van der Waals surface area contributed by atoms with E-state index < -0.39 is 24.1 Å². The molecule has 0 aromatic heterocycles. The Kier molecular flexibility index (Phi) is 9.29. The number of benzene rings is 2. The number of carbonyl (C=O) groups excluding carboxylic acids is 2. The molecule has 7 nitrogen and oxygen atoms in total. The van der Waals surface area contributed by atoms with E-state index in [-0.39, 0.29) is 24.9 Å². The molecule has 0 bridgehead atoms. The van der Waals surface area contributed by atoms with E-state index >= 15 is 0 Å². The van der Waals surface area contributed by atoms with Crippen LogP contribution >= 0.6 is 0 Å². The summed E-state index contributed by atoms with van der Waals surface area (Å²) in [7, 11) is 0. The molecule has 0 heterocycles. The lowest BCUT2D eigenvalue weighted by Crippen LogP contribution is -2.50. The molecular formula is C28H36N2O5. The first-order valence-corrected chi connectivity index (χ1v) is 12.4. The van der Waals surface area contributed by atoms with Crippen LogP contribution in [0.15, 0.2) is 48.5 Å². The number of alkyl carbamates (subject to hydrolysis) is 1. The number of carbonyl (C=O) groups is 3. The van der Waals surface area contributed by atoms with Crippen LogP contribution in [-0.4, -0.2) is 41.8 Å². The van der Waals surface area contributed by atoms with Gasteiger partial charge in [0.2, 0.25) is 5.91 Å². The summed E-state index contributed by atoms with van der Waals surface area (Å²) in [5, 5.41) is 14.7. The van der Waals surface area contributed by atoms with Crippen molar-refractivity contribution < 1.29 is 24.2 Å². The molecule has 1 unspecified atom stereocenters. The van der Waals surface area contributed by atoms with E-state index in [1.165, 1.54) is 0 Å². The first-order chi connectivity index (χ1) is 16.8. The van der Waals surface area contributed by atoms with Gasteiger partial charge >= 0.3 is 12.1 Å². The number of carboxylic acids is 1. The summed E-state index contributed by atoms with van der Waals surface area (Å²) in [6, 6.07) is 14.9. The van der Waals surface area contributed by atoms with Crippen molar-refractivity contribution in [2.75, 3.05) is 6.61 Å². The minimum Gasteiger partial charge on any atom is -0.481 e. The largest absolute Gasteiger partial charge is 0.481 e. The van der Waals surface area contributed by atoms with Gasteiger partial charge in [-0.05, 0) is 47.4 Å². The Bertz CT molecular complexity index is 990. The average molecular weight is 481 g/mol. The maximum absolute atomic E-state index is 13.0. The summed E-state index contributed by atoms with van der Waals surface area (Å²) in [5.41, 5.74) is 4.52. The average Bonchev–Trinajstić information content (AvgIpc) is 3.13. The number of rotatable bonds is 12. The van der Waals surface area contributed by atoms with Crippen molar-refractivity contribution in [2.24, 2.45) is 5.92 Å². The van der Waals surface area contributed by atoms with Crippen molar-refractivity contribution >= 4 is 18.0 Å². The number of hydrogen-bond donors (Lipinski definition) is 3. The number of amides is 2. The summed E-state index contributed by atoms with van der Waals surface area (Å²) in [6.45, 7) is 6.20. The molecule has 0 spiro atoms. The van der Waals surface area contributed by atoms with E-state index in [0.717, 1.165) is 35.1 Å². The van der Waals surface area contributed by atoms with Crippen molar-refractivity contribution in [1.82, 2.24) is 10.6 Å². The van der Waals surface area contributed by atoms with Gasteiger partial charge in [0, 0.05) is 12.0 Å². The van der Waals surface area contributed by atoms with Gasteiger partial charge < -0.3 is 20.5 Å². The molecule has 2 atom stereocenters. The number of aliphatic carboxylic acids is 1. The number of ether oxygens (including phenoxy) is 1. The highest BCUT2D eigenvalue weighted by atomic mass is 16.5. The van der Waals surface area contributed by atoms with Gasteiger partial charge in [-0.1, -0.05) is 75.7 Å². The zero-order chi connectivity index (χ0) is 25.4. The third-order valence-electron chi connectivity index (χ3n) is 6.39. The molecule has 3 rings (SSSR count).